The van der Waals surface area contributed by atoms with E-state index in [0.717, 1.165) is 55.6 Å². The number of methoxy groups -OCH3 is 1. The molecule has 1 atom stereocenters. The fraction of sp³-hybridized carbons (Fsp3) is 0.667. The van der Waals surface area contributed by atoms with Gasteiger partial charge in [0.25, 0.3) is 5.91 Å². The number of carbonyl (C=O) groups excluding carboxylic acids is 2. The zero-order valence-electron chi connectivity index (χ0n) is 18.2. The summed E-state index contributed by atoms with van der Waals surface area (Å²) < 4.78 is 5.28. The molecule has 1 aromatic rings. The third-order valence-corrected chi connectivity index (χ3v) is 7.01. The molecule has 0 bridgehead atoms. The standard InChI is InChI=1S/C24H35N3O3/c1-30-19-10-11-20-21(17-25-22(20)16-19)23(28)24(29)27(18-8-3-2-4-9-18)15-7-14-26-12-5-6-13-26/h10-11,16,18,21,25H,2-9,12-15,17H2,1H3. The van der Waals surface area contributed by atoms with E-state index in [4.69, 9.17) is 4.74 Å². The maximum atomic E-state index is 13.4. The number of benzene rings is 1. The van der Waals surface area contributed by atoms with E-state index in [0.29, 0.717) is 13.1 Å². The van der Waals surface area contributed by atoms with Crippen LogP contribution in [0, 0.1) is 0 Å². The van der Waals surface area contributed by atoms with E-state index in [2.05, 4.69) is 10.2 Å². The van der Waals surface area contributed by atoms with Crippen molar-refractivity contribution in [1.29, 1.82) is 0 Å². The molecule has 0 aromatic heterocycles. The number of Topliss-reactive ketones (excluding diaryl/α,β-unsaturated/α-hetero) is 1. The molecule has 1 saturated heterocycles. The highest BCUT2D eigenvalue weighted by atomic mass is 16.5. The van der Waals surface area contributed by atoms with Crippen LogP contribution in [0.1, 0.15) is 62.8 Å². The molecule has 0 radical (unpaired) electrons. The smallest absolute Gasteiger partial charge is 0.290 e. The molecule has 1 saturated carbocycles. The number of ether oxygens (including phenoxy) is 1. The maximum Gasteiger partial charge on any atom is 0.290 e. The number of nitrogens with zero attached hydrogens (tertiary/aromatic N) is 2. The minimum Gasteiger partial charge on any atom is -0.497 e. The summed E-state index contributed by atoms with van der Waals surface area (Å²) in [5, 5.41) is 3.28. The molecule has 30 heavy (non-hydrogen) atoms. The normalized spacial score (nSPS) is 21.8. The second kappa shape index (κ2) is 9.82. The number of ketones is 1. The highest BCUT2D eigenvalue weighted by Gasteiger charge is 2.37. The SMILES string of the molecule is COc1ccc2c(c1)NCC2C(=O)C(=O)N(CCCN1CCCC1)C1CCCCC1. The van der Waals surface area contributed by atoms with Crippen LogP contribution in [-0.4, -0.2) is 67.4 Å². The van der Waals surface area contributed by atoms with Crippen molar-refractivity contribution in [2.45, 2.75) is 63.3 Å². The lowest BCUT2D eigenvalue weighted by Crippen LogP contribution is -2.47. The Bertz CT molecular complexity index is 754. The zero-order valence-corrected chi connectivity index (χ0v) is 18.2. The minimum absolute atomic E-state index is 0.221. The van der Waals surface area contributed by atoms with E-state index in [1.807, 2.05) is 23.1 Å². The third-order valence-electron chi connectivity index (χ3n) is 7.01. The summed E-state index contributed by atoms with van der Waals surface area (Å²) >= 11 is 0. The molecule has 4 rings (SSSR count). The van der Waals surface area contributed by atoms with Crippen LogP contribution < -0.4 is 10.1 Å². The Labute approximate surface area is 179 Å². The van der Waals surface area contributed by atoms with Gasteiger partial charge in [-0.05, 0) is 63.4 Å². The minimum atomic E-state index is -0.400. The molecule has 0 spiro atoms. The Morgan fingerprint density at radius 2 is 1.90 bits per heavy atom. The number of likely N-dealkylation sites (tertiary alicyclic amines) is 1. The Kier molecular flexibility index (Phi) is 6.93. The number of fused-ring (bicyclic) bond motifs is 1. The Balaban J connectivity index is 1.44. The van der Waals surface area contributed by atoms with Crippen LogP contribution in [0.4, 0.5) is 5.69 Å². The molecule has 1 N–H and O–H groups in total. The Morgan fingerprint density at radius 1 is 1.13 bits per heavy atom. The van der Waals surface area contributed by atoms with Crippen molar-refractivity contribution in [3.8, 4) is 5.75 Å². The van der Waals surface area contributed by atoms with E-state index in [1.165, 1.54) is 32.4 Å². The van der Waals surface area contributed by atoms with Gasteiger partial charge in [-0.2, -0.15) is 0 Å². The van der Waals surface area contributed by atoms with Gasteiger partial charge in [0.2, 0.25) is 5.78 Å². The van der Waals surface area contributed by atoms with Gasteiger partial charge >= 0.3 is 0 Å². The van der Waals surface area contributed by atoms with Crippen LogP contribution in [-0.2, 0) is 9.59 Å². The van der Waals surface area contributed by atoms with Crippen LogP contribution in [0.5, 0.6) is 5.75 Å². The van der Waals surface area contributed by atoms with Gasteiger partial charge in [0.15, 0.2) is 0 Å². The monoisotopic (exact) mass is 413 g/mol. The van der Waals surface area contributed by atoms with Crippen molar-refractivity contribution in [3.63, 3.8) is 0 Å². The van der Waals surface area contributed by atoms with E-state index in [-0.39, 0.29) is 17.7 Å². The molecular formula is C24H35N3O3. The van der Waals surface area contributed by atoms with E-state index in [1.54, 1.807) is 7.11 Å². The van der Waals surface area contributed by atoms with Crippen molar-refractivity contribution >= 4 is 17.4 Å². The summed E-state index contributed by atoms with van der Waals surface area (Å²) in [5.74, 6) is -0.188. The molecule has 6 heteroatoms. The Morgan fingerprint density at radius 3 is 2.63 bits per heavy atom. The number of hydrogen-bond donors (Lipinski definition) is 1. The first kappa shape index (κ1) is 21.2. The van der Waals surface area contributed by atoms with Gasteiger partial charge < -0.3 is 19.9 Å². The molecule has 1 amide bonds. The lowest BCUT2D eigenvalue weighted by atomic mass is 9.91. The van der Waals surface area contributed by atoms with E-state index in [9.17, 15) is 9.59 Å². The molecule has 1 aromatic carbocycles. The molecule has 1 aliphatic carbocycles. The third kappa shape index (κ3) is 4.64. The van der Waals surface area contributed by atoms with Gasteiger partial charge in [-0.1, -0.05) is 25.3 Å². The predicted molar refractivity (Wildman–Crippen MR) is 118 cm³/mol. The van der Waals surface area contributed by atoms with Crippen molar-refractivity contribution in [2.24, 2.45) is 0 Å². The average Bonchev–Trinajstić information content (AvgIpc) is 3.45. The largest absolute Gasteiger partial charge is 0.497 e. The number of rotatable bonds is 8. The molecule has 164 valence electrons. The van der Waals surface area contributed by atoms with Crippen molar-refractivity contribution < 1.29 is 14.3 Å². The van der Waals surface area contributed by atoms with Gasteiger partial charge in [0.05, 0.1) is 13.0 Å². The quantitative estimate of drug-likeness (QED) is 0.662. The number of hydrogen-bond acceptors (Lipinski definition) is 5. The van der Waals surface area contributed by atoms with Gasteiger partial charge in [-0.15, -0.1) is 0 Å². The summed E-state index contributed by atoms with van der Waals surface area (Å²) in [5.41, 5.74) is 1.81. The van der Waals surface area contributed by atoms with Crippen LogP contribution in [0.3, 0.4) is 0 Å². The van der Waals surface area contributed by atoms with E-state index >= 15 is 0 Å². The highest BCUT2D eigenvalue weighted by Crippen LogP contribution is 2.35. The summed E-state index contributed by atoms with van der Waals surface area (Å²) in [6.45, 7) is 4.55. The molecule has 2 fully saturated rings. The summed E-state index contributed by atoms with van der Waals surface area (Å²) in [7, 11) is 1.63. The van der Waals surface area contributed by atoms with Crippen LogP contribution in [0.15, 0.2) is 18.2 Å². The van der Waals surface area contributed by atoms with Crippen LogP contribution in [0.2, 0.25) is 0 Å². The van der Waals surface area contributed by atoms with Crippen molar-refractivity contribution in [2.75, 3.05) is 45.2 Å². The maximum absolute atomic E-state index is 13.4. The van der Waals surface area contributed by atoms with Crippen LogP contribution in [0.25, 0.3) is 0 Å². The highest BCUT2D eigenvalue weighted by molar-refractivity contribution is 6.38. The van der Waals surface area contributed by atoms with Gasteiger partial charge in [-0.3, -0.25) is 9.59 Å². The number of amides is 1. The fourth-order valence-corrected chi connectivity index (χ4v) is 5.28. The number of anilines is 1. The topological polar surface area (TPSA) is 61.9 Å². The lowest BCUT2D eigenvalue weighted by Gasteiger charge is -2.35. The second-order valence-corrected chi connectivity index (χ2v) is 8.94. The first-order chi connectivity index (χ1) is 14.7. The van der Waals surface area contributed by atoms with Gasteiger partial charge in [0, 0.05) is 30.9 Å². The average molecular weight is 414 g/mol. The molecule has 6 nitrogen and oxygen atoms in total. The summed E-state index contributed by atoms with van der Waals surface area (Å²) in [4.78, 5) is 31.1. The fourth-order valence-electron chi connectivity index (χ4n) is 5.28. The summed E-state index contributed by atoms with van der Waals surface area (Å²) in [6.07, 6.45) is 9.11. The van der Waals surface area contributed by atoms with Gasteiger partial charge in [-0.25, -0.2) is 0 Å². The molecule has 2 aliphatic heterocycles. The van der Waals surface area contributed by atoms with Crippen molar-refractivity contribution in [1.82, 2.24) is 9.80 Å². The first-order valence-electron chi connectivity index (χ1n) is 11.7. The van der Waals surface area contributed by atoms with Crippen molar-refractivity contribution in [3.05, 3.63) is 23.8 Å². The van der Waals surface area contributed by atoms with E-state index < -0.39 is 5.92 Å². The molecule has 2 heterocycles. The Hall–Kier alpha value is -2.08. The molecule has 1 unspecified atom stereocenters. The first-order valence-corrected chi connectivity index (χ1v) is 11.7. The predicted octanol–water partition coefficient (Wildman–Crippen LogP) is 3.42. The van der Waals surface area contributed by atoms with Gasteiger partial charge in [0.1, 0.15) is 5.75 Å². The van der Waals surface area contributed by atoms with Crippen LogP contribution >= 0.6 is 0 Å². The number of carbonyl (C=O) groups is 2. The lowest BCUT2D eigenvalue weighted by molar-refractivity contribution is -0.147. The molecule has 3 aliphatic rings. The number of nitrogens with one attached hydrogen (secondary N) is 1. The second-order valence-electron chi connectivity index (χ2n) is 8.94. The molecular weight excluding hydrogens is 378 g/mol. The summed E-state index contributed by atoms with van der Waals surface area (Å²) in [6, 6.07) is 5.91. The zero-order chi connectivity index (χ0) is 20.9.